The first-order chi connectivity index (χ1) is 7.50. The summed E-state index contributed by atoms with van der Waals surface area (Å²) in [6.45, 7) is 0. The van der Waals surface area contributed by atoms with E-state index in [2.05, 4.69) is 4.52 Å². The van der Waals surface area contributed by atoms with E-state index in [-0.39, 0.29) is 5.02 Å². The molecule has 1 aromatic rings. The molecule has 0 saturated carbocycles. The smallest absolute Gasteiger partial charge is 0.401 e. The summed E-state index contributed by atoms with van der Waals surface area (Å²) in [5, 5.41) is -0.617. The van der Waals surface area contributed by atoms with Gasteiger partial charge in [-0.2, -0.15) is 8.42 Å². The summed E-state index contributed by atoms with van der Waals surface area (Å²) in [5.41, 5.74) is 0. The second-order valence-electron chi connectivity index (χ2n) is 2.77. The quantitative estimate of drug-likeness (QED) is 0.572. The van der Waals surface area contributed by atoms with Crippen molar-refractivity contribution in [2.24, 2.45) is 0 Å². The van der Waals surface area contributed by atoms with Gasteiger partial charge in [0.1, 0.15) is 4.90 Å². The minimum absolute atomic E-state index is 0.152. The highest BCUT2D eigenvalue weighted by Crippen LogP contribution is 2.45. The van der Waals surface area contributed by atoms with Crippen LogP contribution in [0.15, 0.2) is 17.0 Å². The van der Waals surface area contributed by atoms with Crippen LogP contribution in [0.4, 0.5) is 0 Å². The minimum Gasteiger partial charge on any atom is -0.401 e. The number of halogens is 2. The number of hydrogen-bond acceptors (Lipinski definition) is 4. The predicted octanol–water partition coefficient (Wildman–Crippen LogP) is 1.71. The largest absolute Gasteiger partial charge is 0.524 e. The zero-order valence-electron chi connectivity index (χ0n) is 7.74. The predicted molar refractivity (Wildman–Crippen MR) is 58.9 cm³/mol. The number of phosphoric ester groups is 1. The van der Waals surface area contributed by atoms with Gasteiger partial charge in [-0.3, -0.25) is 14.3 Å². The Morgan fingerprint density at radius 2 is 1.76 bits per heavy atom. The van der Waals surface area contributed by atoms with Crippen molar-refractivity contribution < 1.29 is 31.8 Å². The lowest BCUT2D eigenvalue weighted by Gasteiger charge is -2.12. The highest BCUT2D eigenvalue weighted by atomic mass is 35.5. The van der Waals surface area contributed by atoms with E-state index in [9.17, 15) is 13.0 Å². The standard InChI is InChI=1S/C6H5Cl2O7PS/c7-3-1-4(8)6(15-16(9,10)11)5(2-3)17(12,13)14/h1-2H,(H2,9,10,11)(H,12,13,14). The van der Waals surface area contributed by atoms with Gasteiger partial charge >= 0.3 is 7.82 Å². The summed E-state index contributed by atoms with van der Waals surface area (Å²) in [4.78, 5) is 16.2. The van der Waals surface area contributed by atoms with E-state index >= 15 is 0 Å². The van der Waals surface area contributed by atoms with E-state index in [1.54, 1.807) is 0 Å². The van der Waals surface area contributed by atoms with Crippen LogP contribution in [0.1, 0.15) is 0 Å². The van der Waals surface area contributed by atoms with E-state index in [1.807, 2.05) is 0 Å². The fourth-order valence-electron chi connectivity index (χ4n) is 0.936. The normalized spacial score (nSPS) is 12.5. The lowest BCUT2D eigenvalue weighted by atomic mass is 10.3. The summed E-state index contributed by atoms with van der Waals surface area (Å²) in [5.74, 6) is -0.869. The highest BCUT2D eigenvalue weighted by Gasteiger charge is 2.26. The molecule has 0 fully saturated rings. The molecule has 11 heteroatoms. The molecule has 3 N–H and O–H groups in total. The first-order valence-corrected chi connectivity index (χ1v) is 7.45. The molecule has 7 nitrogen and oxygen atoms in total. The highest BCUT2D eigenvalue weighted by molar-refractivity contribution is 7.86. The van der Waals surface area contributed by atoms with Gasteiger partial charge in [0.05, 0.1) is 5.02 Å². The Morgan fingerprint density at radius 3 is 2.18 bits per heavy atom. The van der Waals surface area contributed by atoms with Crippen molar-refractivity contribution in [3.05, 3.63) is 22.2 Å². The molecule has 0 aliphatic carbocycles. The molecule has 0 aliphatic rings. The molecule has 1 aromatic carbocycles. The van der Waals surface area contributed by atoms with Crippen molar-refractivity contribution in [1.29, 1.82) is 0 Å². The molecule has 0 atom stereocenters. The van der Waals surface area contributed by atoms with Crippen LogP contribution in [0.3, 0.4) is 0 Å². The summed E-state index contributed by atoms with van der Waals surface area (Å²) in [6.07, 6.45) is 0. The molecule has 96 valence electrons. The van der Waals surface area contributed by atoms with Gasteiger partial charge in [-0.05, 0) is 12.1 Å². The summed E-state index contributed by atoms with van der Waals surface area (Å²) < 4.78 is 45.4. The van der Waals surface area contributed by atoms with Gasteiger partial charge in [0, 0.05) is 5.02 Å². The van der Waals surface area contributed by atoms with Crippen molar-refractivity contribution in [3.8, 4) is 5.75 Å². The van der Waals surface area contributed by atoms with E-state index < -0.39 is 33.6 Å². The van der Waals surface area contributed by atoms with Crippen LogP contribution in [-0.2, 0) is 14.7 Å². The van der Waals surface area contributed by atoms with Gasteiger partial charge in [-0.25, -0.2) is 4.57 Å². The molecule has 0 bridgehead atoms. The summed E-state index contributed by atoms with van der Waals surface area (Å²) in [6, 6.07) is 1.75. The lowest BCUT2D eigenvalue weighted by Crippen LogP contribution is -2.03. The maximum Gasteiger partial charge on any atom is 0.524 e. The molecular formula is C6H5Cl2O7PS. The first-order valence-electron chi connectivity index (χ1n) is 3.72. The lowest BCUT2D eigenvalue weighted by molar-refractivity contribution is 0.280. The first kappa shape index (κ1) is 14.7. The van der Waals surface area contributed by atoms with Gasteiger partial charge in [0.15, 0.2) is 5.75 Å². The molecule has 0 spiro atoms. The topological polar surface area (TPSA) is 121 Å². The average molecular weight is 323 g/mol. The Kier molecular flexibility index (Phi) is 4.10. The number of rotatable bonds is 3. The summed E-state index contributed by atoms with van der Waals surface area (Å²) in [7, 11) is -9.82. The second-order valence-corrected chi connectivity index (χ2v) is 6.17. The van der Waals surface area contributed by atoms with Crippen LogP contribution in [0.25, 0.3) is 0 Å². The average Bonchev–Trinajstić information content (AvgIpc) is 2.05. The zero-order valence-corrected chi connectivity index (χ0v) is 11.0. The van der Waals surface area contributed by atoms with Crippen molar-refractivity contribution in [2.45, 2.75) is 4.90 Å². The molecular weight excluding hydrogens is 318 g/mol. The van der Waals surface area contributed by atoms with E-state index in [4.69, 9.17) is 37.5 Å². The maximum absolute atomic E-state index is 10.9. The SMILES string of the molecule is O=P(O)(O)Oc1c(Cl)cc(Cl)cc1S(=O)(=O)O. The monoisotopic (exact) mass is 322 g/mol. The van der Waals surface area contributed by atoms with Gasteiger partial charge < -0.3 is 4.52 Å². The van der Waals surface area contributed by atoms with Crippen molar-refractivity contribution in [3.63, 3.8) is 0 Å². The van der Waals surface area contributed by atoms with Crippen LogP contribution in [0.5, 0.6) is 5.75 Å². The Bertz CT molecular complexity index is 593. The van der Waals surface area contributed by atoms with Gasteiger partial charge in [0.25, 0.3) is 10.1 Å². The Labute approximate surface area is 106 Å². The number of benzene rings is 1. The Hall–Kier alpha value is -0.340. The van der Waals surface area contributed by atoms with Crippen molar-refractivity contribution in [1.82, 2.24) is 0 Å². The van der Waals surface area contributed by atoms with Gasteiger partial charge in [-0.15, -0.1) is 0 Å². The molecule has 17 heavy (non-hydrogen) atoms. The molecule has 1 rings (SSSR count). The fourth-order valence-corrected chi connectivity index (χ4v) is 2.80. The van der Waals surface area contributed by atoms with Gasteiger partial charge in [0.2, 0.25) is 0 Å². The minimum atomic E-state index is -5.03. The zero-order chi connectivity index (χ0) is 13.4. The Balaban J connectivity index is 3.53. The van der Waals surface area contributed by atoms with Gasteiger partial charge in [-0.1, -0.05) is 23.2 Å². The van der Waals surface area contributed by atoms with E-state index in [1.165, 1.54) is 0 Å². The maximum atomic E-state index is 10.9. The van der Waals surface area contributed by atoms with Crippen LogP contribution in [0, 0.1) is 0 Å². The third-order valence-corrected chi connectivity index (χ3v) is 3.24. The van der Waals surface area contributed by atoms with Crippen molar-refractivity contribution >= 4 is 41.1 Å². The van der Waals surface area contributed by atoms with Crippen LogP contribution in [-0.4, -0.2) is 22.8 Å². The molecule has 0 amide bonds. The molecule has 0 unspecified atom stereocenters. The fraction of sp³-hybridized carbons (Fsp3) is 0. The van der Waals surface area contributed by atoms with Crippen LogP contribution < -0.4 is 4.52 Å². The molecule has 0 saturated heterocycles. The third-order valence-electron chi connectivity index (χ3n) is 1.46. The van der Waals surface area contributed by atoms with Crippen LogP contribution >= 0.6 is 31.0 Å². The van der Waals surface area contributed by atoms with Crippen molar-refractivity contribution in [2.75, 3.05) is 0 Å². The molecule has 0 aliphatic heterocycles. The third kappa shape index (κ3) is 4.11. The van der Waals surface area contributed by atoms with E-state index in [0.29, 0.717) is 0 Å². The Morgan fingerprint density at radius 1 is 1.24 bits per heavy atom. The summed E-state index contributed by atoms with van der Waals surface area (Å²) >= 11 is 11.0. The molecule has 0 heterocycles. The van der Waals surface area contributed by atoms with E-state index in [0.717, 1.165) is 12.1 Å². The second kappa shape index (κ2) is 4.74. The molecule has 0 radical (unpaired) electrons. The van der Waals surface area contributed by atoms with Crippen LogP contribution in [0.2, 0.25) is 10.0 Å². The molecule has 0 aromatic heterocycles. The number of phosphoric acid groups is 1. The number of hydrogen-bond donors (Lipinski definition) is 3.